The quantitative estimate of drug-likeness (QED) is 0.526. The first-order chi connectivity index (χ1) is 6.13. The van der Waals surface area contributed by atoms with Gasteiger partial charge in [-0.25, -0.2) is 4.79 Å². The molecule has 2 N–H and O–H groups in total. The van der Waals surface area contributed by atoms with Crippen LogP contribution in [0, 0.1) is 0 Å². The van der Waals surface area contributed by atoms with Gasteiger partial charge in [0.05, 0.1) is 12.2 Å². The first-order valence-corrected chi connectivity index (χ1v) is 4.75. The zero-order valence-corrected chi connectivity index (χ0v) is 8.72. The fourth-order valence-electron chi connectivity index (χ4n) is 1.03. The SMILES string of the molecule is CCCC/C(C(=O)OCC)=C(/C)N. The van der Waals surface area contributed by atoms with Crippen molar-refractivity contribution in [3.8, 4) is 0 Å². The van der Waals surface area contributed by atoms with Crippen molar-refractivity contribution in [2.75, 3.05) is 6.61 Å². The van der Waals surface area contributed by atoms with Crippen molar-refractivity contribution in [3.05, 3.63) is 11.3 Å². The molecule has 0 bridgehead atoms. The summed E-state index contributed by atoms with van der Waals surface area (Å²) in [5.41, 5.74) is 6.79. The first-order valence-electron chi connectivity index (χ1n) is 4.75. The summed E-state index contributed by atoms with van der Waals surface area (Å²) in [6.45, 7) is 6.01. The van der Waals surface area contributed by atoms with Gasteiger partial charge < -0.3 is 10.5 Å². The fraction of sp³-hybridized carbons (Fsp3) is 0.700. The average Bonchev–Trinajstić information content (AvgIpc) is 2.05. The van der Waals surface area contributed by atoms with Crippen molar-refractivity contribution in [1.82, 2.24) is 0 Å². The second-order valence-corrected chi connectivity index (χ2v) is 2.99. The van der Waals surface area contributed by atoms with Gasteiger partial charge >= 0.3 is 5.97 Å². The van der Waals surface area contributed by atoms with Crippen molar-refractivity contribution in [1.29, 1.82) is 0 Å². The monoisotopic (exact) mass is 185 g/mol. The summed E-state index contributed by atoms with van der Waals surface area (Å²) in [4.78, 5) is 11.3. The van der Waals surface area contributed by atoms with Crippen LogP contribution in [0.25, 0.3) is 0 Å². The molecule has 0 heterocycles. The van der Waals surface area contributed by atoms with Gasteiger partial charge in [-0.3, -0.25) is 0 Å². The number of rotatable bonds is 5. The molecule has 0 aliphatic heterocycles. The molecule has 0 radical (unpaired) electrons. The van der Waals surface area contributed by atoms with Crippen LogP contribution in [0.15, 0.2) is 11.3 Å². The second kappa shape index (κ2) is 6.52. The molecule has 0 saturated carbocycles. The third-order valence-corrected chi connectivity index (χ3v) is 1.78. The van der Waals surface area contributed by atoms with Crippen LogP contribution in [0.5, 0.6) is 0 Å². The van der Waals surface area contributed by atoms with E-state index in [9.17, 15) is 4.79 Å². The summed E-state index contributed by atoms with van der Waals surface area (Å²) >= 11 is 0. The Labute approximate surface area is 79.9 Å². The summed E-state index contributed by atoms with van der Waals surface area (Å²) in [5.74, 6) is -0.268. The zero-order valence-electron chi connectivity index (χ0n) is 8.72. The summed E-state index contributed by atoms with van der Waals surface area (Å²) < 4.78 is 4.89. The minimum atomic E-state index is -0.268. The Kier molecular flexibility index (Phi) is 6.02. The van der Waals surface area contributed by atoms with E-state index in [2.05, 4.69) is 6.92 Å². The van der Waals surface area contributed by atoms with E-state index in [0.29, 0.717) is 17.9 Å². The molecule has 0 aromatic rings. The Bertz CT molecular complexity index is 193. The van der Waals surface area contributed by atoms with Gasteiger partial charge in [0.25, 0.3) is 0 Å². The Hall–Kier alpha value is -0.990. The van der Waals surface area contributed by atoms with E-state index in [-0.39, 0.29) is 5.97 Å². The molecule has 13 heavy (non-hydrogen) atoms. The highest BCUT2D eigenvalue weighted by molar-refractivity contribution is 5.89. The van der Waals surface area contributed by atoms with Gasteiger partial charge in [0.15, 0.2) is 0 Å². The van der Waals surface area contributed by atoms with Crippen LogP contribution < -0.4 is 5.73 Å². The van der Waals surface area contributed by atoms with E-state index in [1.54, 1.807) is 13.8 Å². The molecule has 0 amide bonds. The molecular formula is C10H19NO2. The summed E-state index contributed by atoms with van der Waals surface area (Å²) in [7, 11) is 0. The number of carbonyl (C=O) groups is 1. The first kappa shape index (κ1) is 12.0. The topological polar surface area (TPSA) is 52.3 Å². The predicted molar refractivity (Wildman–Crippen MR) is 53.0 cm³/mol. The summed E-state index contributed by atoms with van der Waals surface area (Å²) in [5, 5.41) is 0. The van der Waals surface area contributed by atoms with Gasteiger partial charge in [0.2, 0.25) is 0 Å². The van der Waals surface area contributed by atoms with E-state index >= 15 is 0 Å². The Morgan fingerprint density at radius 1 is 1.38 bits per heavy atom. The van der Waals surface area contributed by atoms with Crippen LogP contribution in [0.2, 0.25) is 0 Å². The number of ether oxygens (including phenoxy) is 1. The number of hydrogen-bond donors (Lipinski definition) is 1. The minimum Gasteiger partial charge on any atom is -0.463 e. The maximum absolute atomic E-state index is 11.3. The lowest BCUT2D eigenvalue weighted by Crippen LogP contribution is -2.12. The van der Waals surface area contributed by atoms with E-state index in [1.165, 1.54) is 0 Å². The maximum Gasteiger partial charge on any atom is 0.335 e. The summed E-state index contributed by atoms with van der Waals surface area (Å²) in [6, 6.07) is 0. The summed E-state index contributed by atoms with van der Waals surface area (Å²) in [6.07, 6.45) is 2.75. The molecule has 76 valence electrons. The van der Waals surface area contributed by atoms with E-state index in [0.717, 1.165) is 19.3 Å². The predicted octanol–water partition coefficient (Wildman–Crippen LogP) is 1.97. The second-order valence-electron chi connectivity index (χ2n) is 2.99. The van der Waals surface area contributed by atoms with Gasteiger partial charge in [0, 0.05) is 5.70 Å². The molecule has 3 heteroatoms. The number of hydrogen-bond acceptors (Lipinski definition) is 3. The minimum absolute atomic E-state index is 0.268. The van der Waals surface area contributed by atoms with Gasteiger partial charge in [0.1, 0.15) is 0 Å². The lowest BCUT2D eigenvalue weighted by atomic mass is 10.1. The molecule has 0 aromatic heterocycles. The van der Waals surface area contributed by atoms with E-state index in [4.69, 9.17) is 10.5 Å². The molecule has 0 atom stereocenters. The molecule has 3 nitrogen and oxygen atoms in total. The smallest absolute Gasteiger partial charge is 0.335 e. The van der Waals surface area contributed by atoms with Crippen molar-refractivity contribution in [2.45, 2.75) is 40.0 Å². The molecule has 0 aliphatic rings. The number of esters is 1. The molecule has 0 fully saturated rings. The van der Waals surface area contributed by atoms with Crippen LogP contribution >= 0.6 is 0 Å². The largest absolute Gasteiger partial charge is 0.463 e. The molecule has 0 rings (SSSR count). The molecule has 0 unspecified atom stereocenters. The molecule has 0 aromatic carbocycles. The number of carbonyl (C=O) groups excluding carboxylic acids is 1. The molecular weight excluding hydrogens is 166 g/mol. The standard InChI is InChI=1S/C10H19NO2/c1-4-6-7-9(8(3)11)10(12)13-5-2/h4-7,11H2,1-3H3/b9-8+. The number of nitrogens with two attached hydrogens (primary N) is 1. The Balaban J connectivity index is 4.27. The third kappa shape index (κ3) is 4.55. The van der Waals surface area contributed by atoms with Gasteiger partial charge in [-0.05, 0) is 26.7 Å². The van der Waals surface area contributed by atoms with E-state index < -0.39 is 0 Å². The zero-order chi connectivity index (χ0) is 10.3. The van der Waals surface area contributed by atoms with Crippen LogP contribution in [-0.2, 0) is 9.53 Å². The highest BCUT2D eigenvalue weighted by Crippen LogP contribution is 2.11. The van der Waals surface area contributed by atoms with E-state index in [1.807, 2.05) is 0 Å². The van der Waals surface area contributed by atoms with Gasteiger partial charge in [-0.2, -0.15) is 0 Å². The highest BCUT2D eigenvalue weighted by Gasteiger charge is 2.11. The van der Waals surface area contributed by atoms with Crippen molar-refractivity contribution in [3.63, 3.8) is 0 Å². The van der Waals surface area contributed by atoms with Crippen molar-refractivity contribution in [2.24, 2.45) is 5.73 Å². The van der Waals surface area contributed by atoms with Crippen LogP contribution in [0.4, 0.5) is 0 Å². The van der Waals surface area contributed by atoms with Crippen molar-refractivity contribution < 1.29 is 9.53 Å². The number of unbranched alkanes of at least 4 members (excludes halogenated alkanes) is 1. The van der Waals surface area contributed by atoms with Crippen LogP contribution in [-0.4, -0.2) is 12.6 Å². The van der Waals surface area contributed by atoms with Gasteiger partial charge in [-0.1, -0.05) is 13.3 Å². The lowest BCUT2D eigenvalue weighted by Gasteiger charge is -2.07. The molecule has 0 spiro atoms. The third-order valence-electron chi connectivity index (χ3n) is 1.78. The Morgan fingerprint density at radius 2 is 2.00 bits per heavy atom. The Morgan fingerprint density at radius 3 is 2.38 bits per heavy atom. The average molecular weight is 185 g/mol. The lowest BCUT2D eigenvalue weighted by molar-refractivity contribution is -0.138. The normalized spacial score (nSPS) is 12.2. The van der Waals surface area contributed by atoms with Crippen molar-refractivity contribution >= 4 is 5.97 Å². The fourth-order valence-corrected chi connectivity index (χ4v) is 1.03. The molecule has 0 saturated heterocycles. The number of allylic oxidation sites excluding steroid dienone is 1. The maximum atomic E-state index is 11.3. The van der Waals surface area contributed by atoms with Crippen LogP contribution in [0.1, 0.15) is 40.0 Å². The highest BCUT2D eigenvalue weighted by atomic mass is 16.5. The molecule has 0 aliphatic carbocycles. The van der Waals surface area contributed by atoms with Gasteiger partial charge in [-0.15, -0.1) is 0 Å². The van der Waals surface area contributed by atoms with Crippen LogP contribution in [0.3, 0.4) is 0 Å².